The van der Waals surface area contributed by atoms with Gasteiger partial charge >= 0.3 is 0 Å². The first kappa shape index (κ1) is 8.65. The summed E-state index contributed by atoms with van der Waals surface area (Å²) in [5, 5.41) is 3.25. The summed E-state index contributed by atoms with van der Waals surface area (Å²) < 4.78 is 0.569. The lowest BCUT2D eigenvalue weighted by Gasteiger charge is -2.03. The van der Waals surface area contributed by atoms with Crippen molar-refractivity contribution in [3.63, 3.8) is 0 Å². The summed E-state index contributed by atoms with van der Waals surface area (Å²) in [4.78, 5) is 0. The summed E-state index contributed by atoms with van der Waals surface area (Å²) >= 11 is 2.33. The maximum atomic E-state index is 5.27. The number of hydrogen-bond acceptors (Lipinski definition) is 2. The van der Waals surface area contributed by atoms with Crippen molar-refractivity contribution in [2.45, 2.75) is 17.4 Å². The molecule has 0 aliphatic rings. The molecule has 0 aromatic rings. The van der Waals surface area contributed by atoms with E-state index in [1.807, 2.05) is 0 Å². The Morgan fingerprint density at radius 1 is 1.75 bits per heavy atom. The molecular weight excluding hydrogens is 215 g/mol. The molecule has 0 spiro atoms. The van der Waals surface area contributed by atoms with Gasteiger partial charge in [0.25, 0.3) is 0 Å². The van der Waals surface area contributed by atoms with Gasteiger partial charge in [0.2, 0.25) is 0 Å². The smallest absolute Gasteiger partial charge is 0.0564 e. The molecule has 0 radical (unpaired) electrons. The molecule has 0 bridgehead atoms. The number of nitrogens with two attached hydrogens (primary N) is 1. The van der Waals surface area contributed by atoms with Crippen LogP contribution in [0.4, 0.5) is 0 Å². The minimum absolute atomic E-state index is 0.569. The summed E-state index contributed by atoms with van der Waals surface area (Å²) in [6.07, 6.45) is 1.08. The molecule has 0 aliphatic heterocycles. The van der Waals surface area contributed by atoms with Gasteiger partial charge in [-0.2, -0.15) is 0 Å². The van der Waals surface area contributed by atoms with E-state index in [1.54, 1.807) is 0 Å². The highest BCUT2D eigenvalue weighted by atomic mass is 127. The van der Waals surface area contributed by atoms with E-state index < -0.39 is 0 Å². The summed E-state index contributed by atoms with van der Waals surface area (Å²) in [6.45, 7) is 3.95. The highest BCUT2D eigenvalue weighted by molar-refractivity contribution is 14.1. The van der Waals surface area contributed by atoms with Crippen molar-refractivity contribution in [3.05, 3.63) is 0 Å². The molecule has 0 saturated carbocycles. The van der Waals surface area contributed by atoms with Gasteiger partial charge in [0.05, 0.1) is 4.05 Å². The molecule has 0 rings (SSSR count). The third-order valence-corrected chi connectivity index (χ3v) is 1.25. The first-order chi connectivity index (χ1) is 3.77. The Morgan fingerprint density at radius 3 is 2.75 bits per heavy atom. The van der Waals surface area contributed by atoms with Crippen molar-refractivity contribution < 1.29 is 0 Å². The second-order valence-electron chi connectivity index (χ2n) is 1.71. The fourth-order valence-corrected chi connectivity index (χ4v) is 0.714. The number of halogens is 1. The summed E-state index contributed by atoms with van der Waals surface area (Å²) in [5.41, 5.74) is 5.27. The first-order valence-corrected chi connectivity index (χ1v) is 4.09. The lowest BCUT2D eigenvalue weighted by atomic mass is 10.4. The number of alkyl halides is 1. The summed E-state index contributed by atoms with van der Waals surface area (Å²) in [5.74, 6) is 0. The van der Waals surface area contributed by atoms with Crippen LogP contribution in [0.15, 0.2) is 0 Å². The molecule has 0 aromatic heterocycles. The van der Waals surface area contributed by atoms with Gasteiger partial charge in [0.15, 0.2) is 0 Å². The zero-order valence-corrected chi connectivity index (χ0v) is 7.31. The molecule has 1 atom stereocenters. The van der Waals surface area contributed by atoms with E-state index in [4.69, 9.17) is 5.73 Å². The fourth-order valence-electron chi connectivity index (χ4n) is 0.403. The largest absolute Gasteiger partial charge is 0.330 e. The molecule has 50 valence electrons. The van der Waals surface area contributed by atoms with E-state index in [-0.39, 0.29) is 0 Å². The van der Waals surface area contributed by atoms with Gasteiger partial charge in [-0.05, 0) is 26.4 Å². The van der Waals surface area contributed by atoms with Crippen LogP contribution in [0.3, 0.4) is 0 Å². The molecule has 8 heavy (non-hydrogen) atoms. The maximum absolute atomic E-state index is 5.27. The second kappa shape index (κ2) is 5.78. The Hall–Kier alpha value is 0.650. The van der Waals surface area contributed by atoms with Crippen molar-refractivity contribution >= 4 is 22.6 Å². The number of hydrogen-bond donors (Lipinski definition) is 2. The van der Waals surface area contributed by atoms with Gasteiger partial charge < -0.3 is 11.1 Å². The Labute approximate surface area is 64.4 Å². The SMILES string of the molecule is CC(I)NCCCN. The highest BCUT2D eigenvalue weighted by Crippen LogP contribution is 1.90. The van der Waals surface area contributed by atoms with Gasteiger partial charge in [-0.25, -0.2) is 0 Å². The quantitative estimate of drug-likeness (QED) is 0.322. The Bertz CT molecular complexity index is 47.7. The molecule has 0 amide bonds. The van der Waals surface area contributed by atoms with Crippen molar-refractivity contribution in [2.75, 3.05) is 13.1 Å². The van der Waals surface area contributed by atoms with Gasteiger partial charge in [-0.3, -0.25) is 0 Å². The van der Waals surface area contributed by atoms with Crippen LogP contribution in [0.5, 0.6) is 0 Å². The average molecular weight is 228 g/mol. The maximum Gasteiger partial charge on any atom is 0.0564 e. The van der Waals surface area contributed by atoms with E-state index in [1.165, 1.54) is 0 Å². The van der Waals surface area contributed by atoms with E-state index in [2.05, 4.69) is 34.8 Å². The van der Waals surface area contributed by atoms with E-state index in [0.29, 0.717) is 4.05 Å². The van der Waals surface area contributed by atoms with Crippen molar-refractivity contribution in [1.82, 2.24) is 5.32 Å². The van der Waals surface area contributed by atoms with Gasteiger partial charge in [-0.15, -0.1) is 0 Å². The average Bonchev–Trinajstić information content (AvgIpc) is 1.66. The van der Waals surface area contributed by atoms with Crippen LogP contribution in [0.1, 0.15) is 13.3 Å². The molecule has 0 fully saturated rings. The first-order valence-electron chi connectivity index (χ1n) is 2.85. The van der Waals surface area contributed by atoms with Crippen LogP contribution in [-0.2, 0) is 0 Å². The minimum Gasteiger partial charge on any atom is -0.330 e. The molecule has 3 N–H and O–H groups in total. The Morgan fingerprint density at radius 2 is 2.38 bits per heavy atom. The second-order valence-corrected chi connectivity index (χ2v) is 3.58. The van der Waals surface area contributed by atoms with Gasteiger partial charge in [-0.1, -0.05) is 22.6 Å². The lowest BCUT2D eigenvalue weighted by Crippen LogP contribution is -2.22. The third kappa shape index (κ3) is 6.65. The normalized spacial score (nSPS) is 13.9. The van der Waals surface area contributed by atoms with Crippen molar-refractivity contribution in [1.29, 1.82) is 0 Å². The van der Waals surface area contributed by atoms with Crippen LogP contribution in [0.2, 0.25) is 0 Å². The van der Waals surface area contributed by atoms with Crippen LogP contribution in [0, 0.1) is 0 Å². The molecule has 3 heteroatoms. The lowest BCUT2D eigenvalue weighted by molar-refractivity contribution is 0.665. The minimum atomic E-state index is 0.569. The van der Waals surface area contributed by atoms with Crippen LogP contribution in [-0.4, -0.2) is 17.1 Å². The molecule has 0 aliphatic carbocycles. The van der Waals surface area contributed by atoms with Crippen LogP contribution in [0.25, 0.3) is 0 Å². The zero-order chi connectivity index (χ0) is 6.41. The van der Waals surface area contributed by atoms with Gasteiger partial charge in [0.1, 0.15) is 0 Å². The predicted molar refractivity (Wildman–Crippen MR) is 45.2 cm³/mol. The number of rotatable bonds is 4. The monoisotopic (exact) mass is 228 g/mol. The summed E-state index contributed by atoms with van der Waals surface area (Å²) in [6, 6.07) is 0. The van der Waals surface area contributed by atoms with E-state index in [9.17, 15) is 0 Å². The number of nitrogens with one attached hydrogen (secondary N) is 1. The molecular formula is C5H13IN2. The summed E-state index contributed by atoms with van der Waals surface area (Å²) in [7, 11) is 0. The van der Waals surface area contributed by atoms with Crippen molar-refractivity contribution in [2.24, 2.45) is 5.73 Å². The predicted octanol–water partition coefficient (Wildman–Crippen LogP) is 0.706. The van der Waals surface area contributed by atoms with Crippen LogP contribution >= 0.6 is 22.6 Å². The third-order valence-electron chi connectivity index (χ3n) is 0.807. The topological polar surface area (TPSA) is 38.0 Å². The highest BCUT2D eigenvalue weighted by Gasteiger charge is 1.89. The van der Waals surface area contributed by atoms with E-state index >= 15 is 0 Å². The van der Waals surface area contributed by atoms with Gasteiger partial charge in [0, 0.05) is 0 Å². The molecule has 0 heterocycles. The molecule has 0 aromatic carbocycles. The zero-order valence-electron chi connectivity index (χ0n) is 5.15. The standard InChI is InChI=1S/C5H13IN2/c1-5(6)8-4-2-3-7/h5,8H,2-4,7H2,1H3. The van der Waals surface area contributed by atoms with Crippen molar-refractivity contribution in [3.8, 4) is 0 Å². The van der Waals surface area contributed by atoms with Crippen LogP contribution < -0.4 is 11.1 Å². The molecule has 0 saturated heterocycles. The Kier molecular flexibility index (Phi) is 6.25. The molecule has 1 unspecified atom stereocenters. The fraction of sp³-hybridized carbons (Fsp3) is 1.00. The Balaban J connectivity index is 2.72. The van der Waals surface area contributed by atoms with E-state index in [0.717, 1.165) is 19.5 Å². The molecule has 2 nitrogen and oxygen atoms in total.